The standard InChI is InChI=1S/C17H17ClO.C17H18O2/c2*1-10-7-14(8-11(2)17(10)19)12-3-5-15-13(9-12)4-6-16(15)18/h3,5,7-9,16,19H,4,6H2,1-2H3;3,5,7-9,16,18-19H,4,6H2,1-2H3. The van der Waals surface area contributed by atoms with E-state index in [1.807, 2.05) is 58.0 Å². The lowest BCUT2D eigenvalue weighted by molar-refractivity contribution is 0.180. The minimum absolute atomic E-state index is 0.173. The van der Waals surface area contributed by atoms with Gasteiger partial charge in [0.25, 0.3) is 0 Å². The average Bonchev–Trinajstić information content (AvgIpc) is 3.47. The summed E-state index contributed by atoms with van der Waals surface area (Å²) >= 11 is 6.28. The van der Waals surface area contributed by atoms with Gasteiger partial charge in [-0.25, -0.2) is 0 Å². The van der Waals surface area contributed by atoms with Crippen LogP contribution in [0, 0.1) is 27.7 Å². The molecule has 4 aromatic carbocycles. The summed E-state index contributed by atoms with van der Waals surface area (Å²) in [5, 5.41) is 29.7. The average molecular weight is 527 g/mol. The van der Waals surface area contributed by atoms with Crippen LogP contribution in [0.1, 0.15) is 68.8 Å². The number of rotatable bonds is 2. The minimum atomic E-state index is -0.299. The van der Waals surface area contributed by atoms with E-state index in [0.717, 1.165) is 70.2 Å². The topological polar surface area (TPSA) is 60.7 Å². The van der Waals surface area contributed by atoms with Crippen LogP contribution < -0.4 is 0 Å². The summed E-state index contributed by atoms with van der Waals surface area (Å²) in [7, 11) is 0. The predicted molar refractivity (Wildman–Crippen MR) is 156 cm³/mol. The van der Waals surface area contributed by atoms with Crippen molar-refractivity contribution in [2.75, 3.05) is 0 Å². The number of hydrogen-bond acceptors (Lipinski definition) is 3. The van der Waals surface area contributed by atoms with Gasteiger partial charge in [0.2, 0.25) is 0 Å². The zero-order valence-corrected chi connectivity index (χ0v) is 23.2. The van der Waals surface area contributed by atoms with Crippen LogP contribution in [0.15, 0.2) is 60.7 Å². The number of fused-ring (bicyclic) bond motifs is 2. The maximum absolute atomic E-state index is 9.85. The van der Waals surface area contributed by atoms with E-state index in [-0.39, 0.29) is 11.5 Å². The molecule has 0 aliphatic heterocycles. The molecule has 0 heterocycles. The van der Waals surface area contributed by atoms with Crippen LogP contribution >= 0.6 is 11.6 Å². The number of aliphatic hydroxyl groups excluding tert-OH is 1. The second-order valence-electron chi connectivity index (χ2n) is 10.8. The molecule has 0 aromatic heterocycles. The van der Waals surface area contributed by atoms with E-state index in [1.54, 1.807) is 0 Å². The lowest BCUT2D eigenvalue weighted by Gasteiger charge is -2.10. The van der Waals surface area contributed by atoms with E-state index in [2.05, 4.69) is 30.3 Å². The van der Waals surface area contributed by atoms with Gasteiger partial charge >= 0.3 is 0 Å². The quantitative estimate of drug-likeness (QED) is 0.229. The highest BCUT2D eigenvalue weighted by Gasteiger charge is 2.21. The van der Waals surface area contributed by atoms with Crippen molar-refractivity contribution in [3.63, 3.8) is 0 Å². The van der Waals surface area contributed by atoms with E-state index in [1.165, 1.54) is 22.3 Å². The molecule has 2 unspecified atom stereocenters. The second-order valence-corrected chi connectivity index (χ2v) is 11.3. The molecule has 6 rings (SSSR count). The molecule has 0 bridgehead atoms. The Morgan fingerprint density at radius 3 is 1.50 bits per heavy atom. The van der Waals surface area contributed by atoms with Gasteiger partial charge in [-0.1, -0.05) is 36.4 Å². The number of alkyl halides is 1. The van der Waals surface area contributed by atoms with Crippen molar-refractivity contribution in [2.45, 2.75) is 64.9 Å². The number of phenolic OH excluding ortho intramolecular Hbond substituents is 2. The normalized spacial score (nSPS) is 17.5. The van der Waals surface area contributed by atoms with Crippen LogP contribution in [0.25, 0.3) is 22.3 Å². The van der Waals surface area contributed by atoms with E-state index in [0.29, 0.717) is 11.5 Å². The molecule has 2 aliphatic rings. The highest BCUT2D eigenvalue weighted by atomic mass is 35.5. The Labute approximate surface area is 230 Å². The number of aliphatic hydroxyl groups is 1. The van der Waals surface area contributed by atoms with Gasteiger partial charge in [-0.05, 0) is 144 Å². The van der Waals surface area contributed by atoms with Gasteiger partial charge in [-0.3, -0.25) is 0 Å². The Bertz CT molecular complexity index is 1360. The zero-order valence-electron chi connectivity index (χ0n) is 22.5. The first-order valence-corrected chi connectivity index (χ1v) is 13.7. The van der Waals surface area contributed by atoms with Crippen molar-refractivity contribution in [1.29, 1.82) is 0 Å². The third kappa shape index (κ3) is 5.06. The SMILES string of the molecule is Cc1cc(-c2ccc3c(c2)CCC3Cl)cc(C)c1O.Cc1cc(-c2ccc3c(c2)CCC3O)cc(C)c1O. The van der Waals surface area contributed by atoms with Crippen LogP contribution in [0.4, 0.5) is 0 Å². The molecule has 4 heteroatoms. The Morgan fingerprint density at radius 1 is 0.579 bits per heavy atom. The Morgan fingerprint density at radius 2 is 1.00 bits per heavy atom. The summed E-state index contributed by atoms with van der Waals surface area (Å²) < 4.78 is 0. The molecule has 0 fully saturated rings. The first-order chi connectivity index (χ1) is 18.1. The highest BCUT2D eigenvalue weighted by Crippen LogP contribution is 2.39. The molecule has 4 aromatic rings. The van der Waals surface area contributed by atoms with Gasteiger partial charge in [0.15, 0.2) is 0 Å². The first kappa shape index (κ1) is 26.3. The Kier molecular flexibility index (Phi) is 7.26. The summed E-state index contributed by atoms with van der Waals surface area (Å²) in [6.07, 6.45) is 3.57. The van der Waals surface area contributed by atoms with Crippen molar-refractivity contribution >= 4 is 11.6 Å². The summed E-state index contributed by atoms with van der Waals surface area (Å²) in [5.41, 5.74) is 13.2. The molecule has 0 radical (unpaired) electrons. The van der Waals surface area contributed by atoms with Crippen molar-refractivity contribution in [1.82, 2.24) is 0 Å². The molecule has 0 saturated heterocycles. The Hall–Kier alpha value is -3.27. The number of benzene rings is 4. The van der Waals surface area contributed by atoms with Crippen LogP contribution in [-0.2, 0) is 12.8 Å². The lowest BCUT2D eigenvalue weighted by Crippen LogP contribution is -1.91. The van der Waals surface area contributed by atoms with Crippen molar-refractivity contribution in [2.24, 2.45) is 0 Å². The van der Waals surface area contributed by atoms with Crippen LogP contribution in [0.2, 0.25) is 0 Å². The summed E-state index contributed by atoms with van der Waals surface area (Å²) in [6, 6.07) is 20.9. The number of phenols is 2. The van der Waals surface area contributed by atoms with Gasteiger partial charge in [0.05, 0.1) is 11.5 Å². The second kappa shape index (κ2) is 10.5. The molecular formula is C34H35ClO3. The maximum atomic E-state index is 9.85. The van der Waals surface area contributed by atoms with Gasteiger partial charge in [-0.15, -0.1) is 11.6 Å². The highest BCUT2D eigenvalue weighted by molar-refractivity contribution is 6.21. The van der Waals surface area contributed by atoms with Gasteiger partial charge in [0, 0.05) is 0 Å². The predicted octanol–water partition coefficient (Wildman–Crippen LogP) is 8.56. The number of hydrogen-bond donors (Lipinski definition) is 3. The molecule has 3 nitrogen and oxygen atoms in total. The molecular weight excluding hydrogens is 492 g/mol. The monoisotopic (exact) mass is 526 g/mol. The largest absolute Gasteiger partial charge is 0.507 e. The fourth-order valence-electron chi connectivity index (χ4n) is 5.76. The van der Waals surface area contributed by atoms with Gasteiger partial charge < -0.3 is 15.3 Å². The number of aryl methyl sites for hydroxylation is 6. The molecule has 0 saturated carbocycles. The molecule has 196 valence electrons. The molecule has 2 aliphatic carbocycles. The number of aromatic hydroxyl groups is 2. The van der Waals surface area contributed by atoms with Crippen molar-refractivity contribution in [3.05, 3.63) is 105 Å². The van der Waals surface area contributed by atoms with E-state index >= 15 is 0 Å². The third-order valence-electron chi connectivity index (χ3n) is 7.99. The molecule has 2 atom stereocenters. The first-order valence-electron chi connectivity index (χ1n) is 13.3. The smallest absolute Gasteiger partial charge is 0.121 e. The lowest BCUT2D eigenvalue weighted by atomic mass is 9.97. The summed E-state index contributed by atoms with van der Waals surface area (Å²) in [4.78, 5) is 0. The Balaban J connectivity index is 0.000000155. The van der Waals surface area contributed by atoms with Gasteiger partial charge in [-0.2, -0.15) is 0 Å². The zero-order chi connectivity index (χ0) is 27.1. The summed E-state index contributed by atoms with van der Waals surface area (Å²) in [5.74, 6) is 0.770. The van der Waals surface area contributed by atoms with Crippen LogP contribution in [0.5, 0.6) is 11.5 Å². The van der Waals surface area contributed by atoms with Crippen molar-refractivity contribution in [3.8, 4) is 33.8 Å². The maximum Gasteiger partial charge on any atom is 0.121 e. The van der Waals surface area contributed by atoms with E-state index in [9.17, 15) is 15.3 Å². The van der Waals surface area contributed by atoms with Crippen LogP contribution in [-0.4, -0.2) is 15.3 Å². The van der Waals surface area contributed by atoms with Gasteiger partial charge in [0.1, 0.15) is 11.5 Å². The third-order valence-corrected chi connectivity index (χ3v) is 8.44. The van der Waals surface area contributed by atoms with Crippen LogP contribution in [0.3, 0.4) is 0 Å². The van der Waals surface area contributed by atoms with E-state index in [4.69, 9.17) is 11.6 Å². The molecule has 38 heavy (non-hydrogen) atoms. The molecule has 0 spiro atoms. The molecule has 3 N–H and O–H groups in total. The molecule has 0 amide bonds. The van der Waals surface area contributed by atoms with Crippen molar-refractivity contribution < 1.29 is 15.3 Å². The number of halogens is 1. The minimum Gasteiger partial charge on any atom is -0.507 e. The fraction of sp³-hybridized carbons (Fsp3) is 0.294. The van der Waals surface area contributed by atoms with E-state index < -0.39 is 0 Å². The summed E-state index contributed by atoms with van der Waals surface area (Å²) in [6.45, 7) is 7.72. The fourth-order valence-corrected chi connectivity index (χ4v) is 6.09.